The molecule has 0 aromatic rings. The van der Waals surface area contributed by atoms with Crippen molar-refractivity contribution in [1.29, 1.82) is 0 Å². The molecule has 0 spiro atoms. The van der Waals surface area contributed by atoms with Crippen LogP contribution in [0.25, 0.3) is 0 Å². The Labute approximate surface area is 271 Å². The smallest absolute Gasteiger partial charge is 0.335 e. The van der Waals surface area contributed by atoms with E-state index in [0.29, 0.717) is 25.7 Å². The van der Waals surface area contributed by atoms with Crippen LogP contribution in [0.2, 0.25) is 0 Å². The van der Waals surface area contributed by atoms with Gasteiger partial charge < -0.3 is 35.0 Å². The molecule has 10 heteroatoms. The van der Waals surface area contributed by atoms with E-state index in [1.807, 2.05) is 13.0 Å². The minimum atomic E-state index is -1.79. The van der Waals surface area contributed by atoms with Crippen LogP contribution in [-0.2, 0) is 23.9 Å². The third-order valence-corrected chi connectivity index (χ3v) is 15.1. The maximum absolute atomic E-state index is 14.6. The fraction of sp³-hybridized carbons (Fsp3) is 0.861. The lowest BCUT2D eigenvalue weighted by atomic mass is 9.33. The molecule has 5 aliphatic carbocycles. The van der Waals surface area contributed by atoms with E-state index in [2.05, 4.69) is 41.5 Å². The molecule has 4 saturated carbocycles. The Morgan fingerprint density at radius 3 is 2.13 bits per heavy atom. The van der Waals surface area contributed by atoms with Crippen LogP contribution in [0, 0.1) is 50.2 Å². The largest absolute Gasteiger partial charge is 0.481 e. The number of aliphatic hydroxyl groups is 3. The highest BCUT2D eigenvalue weighted by molar-refractivity contribution is 5.95. The quantitative estimate of drug-likeness (QED) is 0.277. The fourth-order valence-electron chi connectivity index (χ4n) is 11.9. The second-order valence-electron chi connectivity index (χ2n) is 17.8. The molecule has 0 radical (unpaired) electrons. The number of fused-ring (bicyclic) bond motifs is 7. The van der Waals surface area contributed by atoms with Crippen LogP contribution in [0.3, 0.4) is 0 Å². The van der Waals surface area contributed by atoms with Crippen LogP contribution in [0.1, 0.15) is 106 Å². The molecule has 0 aromatic heterocycles. The molecule has 46 heavy (non-hydrogen) atoms. The first-order chi connectivity index (χ1) is 21.2. The van der Waals surface area contributed by atoms with E-state index < -0.39 is 59.6 Å². The zero-order valence-electron chi connectivity index (χ0n) is 28.4. The second kappa shape index (κ2) is 10.6. The van der Waals surface area contributed by atoms with Crippen molar-refractivity contribution < 1.29 is 49.4 Å². The Morgan fingerprint density at radius 1 is 0.848 bits per heavy atom. The van der Waals surface area contributed by atoms with Crippen LogP contribution < -0.4 is 0 Å². The SMILES string of the molecule is CC1(C)[C@@H](O[C@@H]2O[C@H](C(=O)O)[C@@H](O)[C@H](O)[C@H]2O)CC[C@]2(C)[C@H]3C(=O)C=C4[C@@H]5C[C@@](C)(C(=O)O)CC[C@]5(C)CC[C@@]4(C)[C@]3(C)CC[C@@H]12. The molecule has 10 nitrogen and oxygen atoms in total. The van der Waals surface area contributed by atoms with Crippen LogP contribution in [0.15, 0.2) is 11.6 Å². The summed E-state index contributed by atoms with van der Waals surface area (Å²) in [5.41, 5.74) is -1.03. The van der Waals surface area contributed by atoms with Crippen molar-refractivity contribution in [2.24, 2.45) is 50.2 Å². The van der Waals surface area contributed by atoms with E-state index in [9.17, 15) is 39.9 Å². The Morgan fingerprint density at radius 2 is 1.50 bits per heavy atom. The first-order valence-electron chi connectivity index (χ1n) is 17.2. The van der Waals surface area contributed by atoms with Crippen LogP contribution in [0.5, 0.6) is 0 Å². The number of allylic oxidation sites excluding steroid dienone is 2. The van der Waals surface area contributed by atoms with Gasteiger partial charge in [0.25, 0.3) is 0 Å². The summed E-state index contributed by atoms with van der Waals surface area (Å²) in [6.07, 6.45) is 0.183. The number of carboxylic acids is 2. The summed E-state index contributed by atoms with van der Waals surface area (Å²) >= 11 is 0. The highest BCUT2D eigenvalue weighted by Gasteiger charge is 2.70. The lowest BCUT2D eigenvalue weighted by Crippen LogP contribution is -2.67. The lowest BCUT2D eigenvalue weighted by molar-refractivity contribution is -0.323. The standard InChI is InChI=1S/C36H54O10/c1-31(2)21-8-11-36(7)27(34(21,5)10-9-22(31)45-29-25(40)23(38)24(39)26(46-29)28(41)42)20(37)16-18-19-17-33(4,30(43)44)13-12-32(19,3)14-15-35(18,36)6/h16,19,21-27,29,38-40H,8-15,17H2,1-7H3,(H,41,42)(H,43,44)/t19-,21-,22-,23-,24-,25+,26-,27+,29+,32+,33-,34-,35+,36+/m0/s1. The number of carbonyl (C=O) groups excluding carboxylic acids is 1. The number of ketones is 1. The molecular formula is C36H54O10. The van der Waals surface area contributed by atoms with Gasteiger partial charge in [-0.2, -0.15) is 0 Å². The number of ether oxygens (including phenoxy) is 2. The van der Waals surface area contributed by atoms with Crippen LogP contribution in [0.4, 0.5) is 0 Å². The predicted octanol–water partition coefficient (Wildman–Crippen LogP) is 4.33. The number of rotatable bonds is 4. The van der Waals surface area contributed by atoms with Crippen LogP contribution in [-0.4, -0.2) is 80.1 Å². The van der Waals surface area contributed by atoms with Gasteiger partial charge in [-0.15, -0.1) is 0 Å². The summed E-state index contributed by atoms with van der Waals surface area (Å²) in [6.45, 7) is 15.3. The predicted molar refractivity (Wildman–Crippen MR) is 166 cm³/mol. The van der Waals surface area contributed by atoms with Gasteiger partial charge in [0, 0.05) is 5.92 Å². The molecule has 14 atom stereocenters. The number of carboxylic acid groups (broad SMARTS) is 2. The first-order valence-corrected chi connectivity index (χ1v) is 17.2. The van der Waals surface area contributed by atoms with Gasteiger partial charge in [0.05, 0.1) is 11.5 Å². The van der Waals surface area contributed by atoms with Crippen molar-refractivity contribution in [2.45, 2.75) is 143 Å². The molecule has 0 unspecified atom stereocenters. The van der Waals surface area contributed by atoms with Gasteiger partial charge in [0.1, 0.15) is 18.3 Å². The molecule has 0 bridgehead atoms. The highest BCUT2D eigenvalue weighted by Crippen LogP contribution is 2.75. The van der Waals surface area contributed by atoms with Gasteiger partial charge in [-0.1, -0.05) is 47.1 Å². The lowest BCUT2D eigenvalue weighted by Gasteiger charge is -2.70. The average molecular weight is 647 g/mol. The normalized spacial score (nSPS) is 53.1. The molecule has 1 aliphatic heterocycles. The first kappa shape index (κ1) is 34.0. The molecule has 6 aliphatic rings. The van der Waals surface area contributed by atoms with E-state index in [0.717, 1.165) is 32.1 Å². The van der Waals surface area contributed by atoms with Gasteiger partial charge in [0.2, 0.25) is 0 Å². The zero-order chi connectivity index (χ0) is 34.0. The molecule has 5 N–H and O–H groups in total. The summed E-state index contributed by atoms with van der Waals surface area (Å²) in [6, 6.07) is 0. The summed E-state index contributed by atoms with van der Waals surface area (Å²) in [5.74, 6) is -2.15. The summed E-state index contributed by atoms with van der Waals surface area (Å²) in [7, 11) is 0. The molecule has 6 rings (SSSR count). The summed E-state index contributed by atoms with van der Waals surface area (Å²) < 4.78 is 11.8. The molecule has 0 amide bonds. The van der Waals surface area contributed by atoms with E-state index in [4.69, 9.17) is 9.47 Å². The molecular weight excluding hydrogens is 592 g/mol. The number of hydrogen-bond donors (Lipinski definition) is 5. The minimum Gasteiger partial charge on any atom is -0.481 e. The second-order valence-corrected chi connectivity index (χ2v) is 17.8. The maximum Gasteiger partial charge on any atom is 0.335 e. The van der Waals surface area contributed by atoms with E-state index >= 15 is 0 Å². The highest BCUT2D eigenvalue weighted by atomic mass is 16.7. The Bertz CT molecular complexity index is 1340. The monoisotopic (exact) mass is 646 g/mol. The van der Waals surface area contributed by atoms with Crippen molar-refractivity contribution in [3.63, 3.8) is 0 Å². The van der Waals surface area contributed by atoms with Gasteiger partial charge in [0.15, 0.2) is 18.2 Å². The Kier molecular flexibility index (Phi) is 7.82. The molecule has 5 fully saturated rings. The van der Waals surface area contributed by atoms with Crippen LogP contribution >= 0.6 is 0 Å². The van der Waals surface area contributed by atoms with Gasteiger partial charge >= 0.3 is 11.9 Å². The van der Waals surface area contributed by atoms with E-state index in [-0.39, 0.29) is 45.2 Å². The maximum atomic E-state index is 14.6. The Balaban J connectivity index is 1.31. The third-order valence-electron chi connectivity index (χ3n) is 15.1. The number of aliphatic hydroxyl groups excluding tert-OH is 3. The van der Waals surface area contributed by atoms with Crippen molar-refractivity contribution in [2.75, 3.05) is 0 Å². The summed E-state index contributed by atoms with van der Waals surface area (Å²) in [5, 5.41) is 50.9. The molecule has 0 aromatic carbocycles. The van der Waals surface area contributed by atoms with Gasteiger partial charge in [-0.25, -0.2) is 4.79 Å². The van der Waals surface area contributed by atoms with E-state index in [1.165, 1.54) is 5.57 Å². The molecule has 1 saturated heterocycles. The Hall–Kier alpha value is -1.85. The molecule has 1 heterocycles. The van der Waals surface area contributed by atoms with Gasteiger partial charge in [-0.05, 0) is 110 Å². The zero-order valence-corrected chi connectivity index (χ0v) is 28.4. The van der Waals surface area contributed by atoms with Crippen molar-refractivity contribution in [1.82, 2.24) is 0 Å². The third kappa shape index (κ3) is 4.49. The van der Waals surface area contributed by atoms with Crippen molar-refractivity contribution in [3.05, 3.63) is 11.6 Å². The minimum absolute atomic E-state index is 0.0166. The summed E-state index contributed by atoms with van der Waals surface area (Å²) in [4.78, 5) is 38.7. The van der Waals surface area contributed by atoms with E-state index in [1.54, 1.807) is 0 Å². The van der Waals surface area contributed by atoms with Gasteiger partial charge in [-0.3, -0.25) is 9.59 Å². The van der Waals surface area contributed by atoms with Crippen molar-refractivity contribution in [3.8, 4) is 0 Å². The topological polar surface area (TPSA) is 171 Å². The number of hydrogen-bond acceptors (Lipinski definition) is 8. The number of carbonyl (C=O) groups is 3. The number of aliphatic carboxylic acids is 2. The average Bonchev–Trinajstić information content (AvgIpc) is 2.96. The molecule has 258 valence electrons. The van der Waals surface area contributed by atoms with Crippen molar-refractivity contribution >= 4 is 17.7 Å². The fourth-order valence-corrected chi connectivity index (χ4v) is 11.9.